The van der Waals surface area contributed by atoms with Crippen molar-refractivity contribution >= 4 is 33.2 Å². The third-order valence-electron chi connectivity index (χ3n) is 3.78. The van der Waals surface area contributed by atoms with Crippen LogP contribution in [0, 0.1) is 5.92 Å². The van der Waals surface area contributed by atoms with Gasteiger partial charge < -0.3 is 10.2 Å². The molecule has 0 radical (unpaired) electrons. The summed E-state index contributed by atoms with van der Waals surface area (Å²) < 4.78 is 0.946. The molecular weight excluding hydrogens is 312 g/mol. The van der Waals surface area contributed by atoms with E-state index in [0.717, 1.165) is 21.1 Å². The lowest BCUT2D eigenvalue weighted by molar-refractivity contribution is 0.208. The molecule has 1 saturated heterocycles. The fourth-order valence-electron chi connectivity index (χ4n) is 2.50. The third kappa shape index (κ3) is 3.62. The maximum atomic E-state index is 6.11. The van der Waals surface area contributed by atoms with E-state index in [4.69, 9.17) is 11.6 Å². The molecule has 1 aliphatic heterocycles. The van der Waals surface area contributed by atoms with Gasteiger partial charge in [0.05, 0.1) is 5.02 Å². The first-order chi connectivity index (χ1) is 8.56. The van der Waals surface area contributed by atoms with Crippen LogP contribution in [0.25, 0.3) is 0 Å². The van der Waals surface area contributed by atoms with Gasteiger partial charge in [0, 0.05) is 16.2 Å². The predicted octanol–water partition coefficient (Wildman–Crippen LogP) is 4.24. The van der Waals surface area contributed by atoms with E-state index in [1.54, 1.807) is 0 Å². The summed E-state index contributed by atoms with van der Waals surface area (Å²) in [6, 6.07) is 6.54. The van der Waals surface area contributed by atoms with Gasteiger partial charge in [-0.05, 0) is 79.9 Å². The maximum absolute atomic E-state index is 6.11. The molecule has 1 atom stereocenters. The second-order valence-electron chi connectivity index (χ2n) is 5.20. The van der Waals surface area contributed by atoms with Crippen LogP contribution in [-0.4, -0.2) is 31.1 Å². The highest BCUT2D eigenvalue weighted by atomic mass is 79.9. The summed E-state index contributed by atoms with van der Waals surface area (Å²) in [5, 5.41) is 4.33. The summed E-state index contributed by atoms with van der Waals surface area (Å²) in [7, 11) is 2.20. The number of benzene rings is 1. The van der Waals surface area contributed by atoms with Gasteiger partial charge >= 0.3 is 0 Å². The van der Waals surface area contributed by atoms with E-state index < -0.39 is 0 Å². The molecule has 1 aliphatic rings. The number of hydrogen-bond acceptors (Lipinski definition) is 2. The monoisotopic (exact) mass is 330 g/mol. The van der Waals surface area contributed by atoms with Crippen molar-refractivity contribution in [3.8, 4) is 0 Å². The average Bonchev–Trinajstić information content (AvgIpc) is 2.34. The van der Waals surface area contributed by atoms with Crippen molar-refractivity contribution in [3.05, 3.63) is 27.7 Å². The lowest BCUT2D eigenvalue weighted by Gasteiger charge is -2.33. The molecule has 1 aromatic carbocycles. The van der Waals surface area contributed by atoms with Crippen LogP contribution in [0.5, 0.6) is 0 Å². The largest absolute Gasteiger partial charge is 0.382 e. The van der Waals surface area contributed by atoms with E-state index >= 15 is 0 Å². The quantitative estimate of drug-likeness (QED) is 0.891. The van der Waals surface area contributed by atoms with Crippen LogP contribution in [0.2, 0.25) is 5.02 Å². The van der Waals surface area contributed by atoms with Gasteiger partial charge in [0.1, 0.15) is 0 Å². The lowest BCUT2D eigenvalue weighted by atomic mass is 9.90. The fraction of sp³-hybridized carbons (Fsp3) is 0.571. The number of piperidine rings is 1. The number of nitrogens with one attached hydrogen (secondary N) is 1. The van der Waals surface area contributed by atoms with Crippen LogP contribution in [-0.2, 0) is 0 Å². The minimum absolute atomic E-state index is 0.496. The van der Waals surface area contributed by atoms with Crippen molar-refractivity contribution in [1.82, 2.24) is 4.90 Å². The molecule has 100 valence electrons. The normalized spacial score (nSPS) is 19.8. The zero-order chi connectivity index (χ0) is 13.1. The molecule has 0 aromatic heterocycles. The topological polar surface area (TPSA) is 15.3 Å². The molecule has 0 aliphatic carbocycles. The maximum Gasteiger partial charge on any atom is 0.0568 e. The van der Waals surface area contributed by atoms with Crippen LogP contribution >= 0.6 is 27.5 Å². The molecule has 1 unspecified atom stereocenters. The van der Waals surface area contributed by atoms with E-state index in [1.807, 2.05) is 12.1 Å². The van der Waals surface area contributed by atoms with Crippen molar-refractivity contribution in [3.63, 3.8) is 0 Å². The molecular formula is C14H20BrClN2. The number of anilines is 1. The standard InChI is InChI=1S/C14H20BrClN2/c1-10(11-5-7-18(2)8-6-11)17-12-3-4-13(15)14(16)9-12/h3-4,9-11,17H,5-8H2,1-2H3. The zero-order valence-electron chi connectivity index (χ0n) is 10.9. The second-order valence-corrected chi connectivity index (χ2v) is 6.46. The zero-order valence-corrected chi connectivity index (χ0v) is 13.3. The number of rotatable bonds is 3. The Labute approximate surface area is 123 Å². The molecule has 0 spiro atoms. The molecule has 2 rings (SSSR count). The molecule has 1 heterocycles. The van der Waals surface area contributed by atoms with Gasteiger partial charge in [-0.1, -0.05) is 11.6 Å². The third-order valence-corrected chi connectivity index (χ3v) is 5.02. The van der Waals surface area contributed by atoms with Crippen molar-refractivity contribution in [2.45, 2.75) is 25.8 Å². The Morgan fingerprint density at radius 1 is 1.39 bits per heavy atom. The van der Waals surface area contributed by atoms with Gasteiger partial charge in [-0.2, -0.15) is 0 Å². The van der Waals surface area contributed by atoms with Crippen LogP contribution < -0.4 is 5.32 Å². The van der Waals surface area contributed by atoms with Crippen molar-refractivity contribution < 1.29 is 0 Å². The number of nitrogens with zero attached hydrogens (tertiary/aromatic N) is 1. The molecule has 1 N–H and O–H groups in total. The van der Waals surface area contributed by atoms with Crippen LogP contribution in [0.3, 0.4) is 0 Å². The molecule has 18 heavy (non-hydrogen) atoms. The van der Waals surface area contributed by atoms with E-state index in [-0.39, 0.29) is 0 Å². The Morgan fingerprint density at radius 3 is 2.67 bits per heavy atom. The highest BCUT2D eigenvalue weighted by Gasteiger charge is 2.22. The lowest BCUT2D eigenvalue weighted by Crippen LogP contribution is -2.37. The molecule has 0 bridgehead atoms. The van der Waals surface area contributed by atoms with E-state index in [0.29, 0.717) is 6.04 Å². The Balaban J connectivity index is 1.94. The molecule has 1 aromatic rings. The number of halogens is 2. The molecule has 2 nitrogen and oxygen atoms in total. The number of likely N-dealkylation sites (tertiary alicyclic amines) is 1. The van der Waals surface area contributed by atoms with E-state index in [1.165, 1.54) is 25.9 Å². The SMILES string of the molecule is CC(Nc1ccc(Br)c(Cl)c1)C1CCN(C)CC1. The number of hydrogen-bond donors (Lipinski definition) is 1. The van der Waals surface area contributed by atoms with Gasteiger partial charge in [-0.3, -0.25) is 0 Å². The predicted molar refractivity (Wildman–Crippen MR) is 82.5 cm³/mol. The molecule has 1 fully saturated rings. The van der Waals surface area contributed by atoms with Crippen molar-refractivity contribution in [2.75, 3.05) is 25.5 Å². The summed E-state index contributed by atoms with van der Waals surface area (Å²) in [5.41, 5.74) is 1.11. The van der Waals surface area contributed by atoms with Gasteiger partial charge in [0.15, 0.2) is 0 Å². The summed E-state index contributed by atoms with van der Waals surface area (Å²) in [6.07, 6.45) is 2.55. The summed E-state index contributed by atoms with van der Waals surface area (Å²) in [4.78, 5) is 2.40. The Hall–Kier alpha value is -0.250. The smallest absolute Gasteiger partial charge is 0.0568 e. The first-order valence-electron chi connectivity index (χ1n) is 6.46. The van der Waals surface area contributed by atoms with Crippen LogP contribution in [0.1, 0.15) is 19.8 Å². The first kappa shape index (κ1) is 14.2. The molecule has 0 saturated carbocycles. The fourth-order valence-corrected chi connectivity index (χ4v) is 2.92. The highest BCUT2D eigenvalue weighted by molar-refractivity contribution is 9.10. The minimum atomic E-state index is 0.496. The molecule has 4 heteroatoms. The summed E-state index contributed by atoms with van der Waals surface area (Å²) in [5.74, 6) is 0.753. The minimum Gasteiger partial charge on any atom is -0.382 e. The molecule has 0 amide bonds. The Bertz CT molecular complexity index is 403. The van der Waals surface area contributed by atoms with E-state index in [2.05, 4.69) is 46.2 Å². The van der Waals surface area contributed by atoms with Crippen molar-refractivity contribution in [1.29, 1.82) is 0 Å². The second kappa shape index (κ2) is 6.27. The van der Waals surface area contributed by atoms with Gasteiger partial charge in [-0.15, -0.1) is 0 Å². The first-order valence-corrected chi connectivity index (χ1v) is 7.63. The Morgan fingerprint density at radius 2 is 2.06 bits per heavy atom. The van der Waals surface area contributed by atoms with Crippen molar-refractivity contribution in [2.24, 2.45) is 5.92 Å². The van der Waals surface area contributed by atoms with E-state index in [9.17, 15) is 0 Å². The summed E-state index contributed by atoms with van der Waals surface area (Å²) in [6.45, 7) is 4.68. The average molecular weight is 332 g/mol. The Kier molecular flexibility index (Phi) is 4.93. The van der Waals surface area contributed by atoms with Crippen LogP contribution in [0.15, 0.2) is 22.7 Å². The highest BCUT2D eigenvalue weighted by Crippen LogP contribution is 2.28. The van der Waals surface area contributed by atoms with Gasteiger partial charge in [0.25, 0.3) is 0 Å². The van der Waals surface area contributed by atoms with Gasteiger partial charge in [0.2, 0.25) is 0 Å². The summed E-state index contributed by atoms with van der Waals surface area (Å²) >= 11 is 9.52. The van der Waals surface area contributed by atoms with Crippen LogP contribution in [0.4, 0.5) is 5.69 Å². The van der Waals surface area contributed by atoms with Gasteiger partial charge in [-0.25, -0.2) is 0 Å².